The third kappa shape index (κ3) is 2.76. The molecule has 1 aromatic heterocycles. The summed E-state index contributed by atoms with van der Waals surface area (Å²) in [4.78, 5) is 7.57. The van der Waals surface area contributed by atoms with Crippen molar-refractivity contribution in [1.82, 2.24) is 9.47 Å². The van der Waals surface area contributed by atoms with Crippen molar-refractivity contribution in [3.05, 3.63) is 138 Å². The summed E-state index contributed by atoms with van der Waals surface area (Å²) in [6.07, 6.45) is 8.73. The first kappa shape index (κ1) is 21.5. The van der Waals surface area contributed by atoms with Crippen LogP contribution in [0.1, 0.15) is 30.5 Å². The maximum Gasteiger partial charge on any atom is 0.215 e. The van der Waals surface area contributed by atoms with E-state index in [0.717, 1.165) is 12.5 Å². The molecule has 3 heterocycles. The highest BCUT2D eigenvalue weighted by Crippen LogP contribution is 2.52. The Morgan fingerprint density at radius 2 is 1.37 bits per heavy atom. The van der Waals surface area contributed by atoms with Gasteiger partial charge in [-0.3, -0.25) is 4.57 Å². The van der Waals surface area contributed by atoms with Gasteiger partial charge in [0.2, 0.25) is 5.96 Å². The van der Waals surface area contributed by atoms with Gasteiger partial charge in [0.05, 0.1) is 16.7 Å². The summed E-state index contributed by atoms with van der Waals surface area (Å²) in [7, 11) is 0. The number of hydrogen-bond acceptors (Lipinski definition) is 2. The molecule has 0 amide bonds. The Labute approximate surface area is 222 Å². The molecule has 182 valence electrons. The predicted molar refractivity (Wildman–Crippen MR) is 158 cm³/mol. The third-order valence-corrected chi connectivity index (χ3v) is 8.45. The highest BCUT2D eigenvalue weighted by molar-refractivity contribution is 6.15. The highest BCUT2D eigenvalue weighted by atomic mass is 15.3. The van der Waals surface area contributed by atoms with Crippen LogP contribution < -0.4 is 0 Å². The average molecular weight is 490 g/mol. The molecule has 4 aromatic carbocycles. The minimum absolute atomic E-state index is 0.0872. The quantitative estimate of drug-likeness (QED) is 0.233. The van der Waals surface area contributed by atoms with E-state index >= 15 is 0 Å². The smallest absolute Gasteiger partial charge is 0.215 e. The van der Waals surface area contributed by atoms with E-state index in [1.807, 2.05) is 0 Å². The van der Waals surface area contributed by atoms with Gasteiger partial charge in [0.25, 0.3) is 0 Å². The van der Waals surface area contributed by atoms with E-state index in [4.69, 9.17) is 4.99 Å². The van der Waals surface area contributed by atoms with E-state index in [-0.39, 0.29) is 5.41 Å². The summed E-state index contributed by atoms with van der Waals surface area (Å²) in [5.41, 5.74) is 11.4. The molecular weight excluding hydrogens is 462 g/mol. The van der Waals surface area contributed by atoms with Crippen molar-refractivity contribution < 1.29 is 0 Å². The molecule has 0 atom stereocenters. The minimum Gasteiger partial charge on any atom is -0.307 e. The van der Waals surface area contributed by atoms with E-state index in [1.165, 1.54) is 60.9 Å². The van der Waals surface area contributed by atoms with Gasteiger partial charge in [-0.15, -0.1) is 0 Å². The van der Waals surface area contributed by atoms with E-state index in [1.54, 1.807) is 0 Å². The largest absolute Gasteiger partial charge is 0.307 e. The third-order valence-electron chi connectivity index (χ3n) is 8.45. The number of hydrogen-bond donors (Lipinski definition) is 0. The van der Waals surface area contributed by atoms with Crippen LogP contribution in [-0.4, -0.2) is 22.0 Å². The summed E-state index contributed by atoms with van der Waals surface area (Å²) in [6.45, 7) is 5.48. The molecule has 0 saturated heterocycles. The fourth-order valence-corrected chi connectivity index (χ4v) is 6.79. The summed E-state index contributed by atoms with van der Waals surface area (Å²) in [5, 5.41) is 2.50. The zero-order chi connectivity index (χ0) is 25.4. The standard InChI is InChI=1S/C35H27N3/c1-35(2)29-17-6-3-12-23(29)26-15-11-16-27(33(26)35)28-22-36-34(37-21-10-9-18-30(28)37)38-31-19-7-4-13-24(31)25-14-5-8-20-32(25)38/h3-20,22H,21H2,1-2H3. The number of aromatic nitrogens is 1. The van der Waals surface area contributed by atoms with Gasteiger partial charge in [0.15, 0.2) is 0 Å². The maximum atomic E-state index is 5.21. The van der Waals surface area contributed by atoms with Crippen LogP contribution in [0.25, 0.3) is 38.5 Å². The van der Waals surface area contributed by atoms with E-state index in [0.29, 0.717) is 0 Å². The van der Waals surface area contributed by atoms with Crippen molar-refractivity contribution in [2.75, 3.05) is 6.54 Å². The minimum atomic E-state index is -0.0872. The number of nitrogens with zero attached hydrogens (tertiary/aromatic N) is 3. The lowest BCUT2D eigenvalue weighted by atomic mass is 9.78. The molecule has 0 bridgehead atoms. The Hall–Kier alpha value is -4.63. The molecule has 5 aromatic rings. The van der Waals surface area contributed by atoms with Crippen molar-refractivity contribution >= 4 is 33.3 Å². The average Bonchev–Trinajstić information content (AvgIpc) is 3.42. The number of aliphatic imine (C=N–C) groups is 1. The van der Waals surface area contributed by atoms with Crippen LogP contribution in [0.5, 0.6) is 0 Å². The van der Waals surface area contributed by atoms with Gasteiger partial charge in [-0.25, -0.2) is 4.99 Å². The summed E-state index contributed by atoms with van der Waals surface area (Å²) < 4.78 is 2.32. The maximum absolute atomic E-state index is 5.21. The van der Waals surface area contributed by atoms with Crippen LogP contribution in [0.15, 0.2) is 126 Å². The topological polar surface area (TPSA) is 20.5 Å². The lowest BCUT2D eigenvalue weighted by Gasteiger charge is -2.35. The van der Waals surface area contributed by atoms with Crippen molar-refractivity contribution in [1.29, 1.82) is 0 Å². The molecule has 0 spiro atoms. The Kier molecular flexibility index (Phi) is 4.34. The van der Waals surface area contributed by atoms with Gasteiger partial charge in [0.1, 0.15) is 0 Å². The van der Waals surface area contributed by atoms with Crippen LogP contribution in [0.2, 0.25) is 0 Å². The van der Waals surface area contributed by atoms with Crippen molar-refractivity contribution in [2.45, 2.75) is 19.3 Å². The molecule has 3 heteroatoms. The first-order chi connectivity index (χ1) is 18.6. The first-order valence-electron chi connectivity index (χ1n) is 13.3. The molecule has 3 aliphatic rings. The Bertz CT molecular complexity index is 1870. The molecule has 0 fully saturated rings. The number of benzene rings is 4. The second kappa shape index (κ2) is 7.69. The fourth-order valence-electron chi connectivity index (χ4n) is 6.79. The second-order valence-corrected chi connectivity index (χ2v) is 10.8. The zero-order valence-electron chi connectivity index (χ0n) is 21.5. The summed E-state index contributed by atoms with van der Waals surface area (Å²) >= 11 is 0. The molecule has 3 nitrogen and oxygen atoms in total. The SMILES string of the molecule is CC1(C)c2ccccc2-c2cccc(C3=CN=C(n4c5ccccc5c5ccccc54)N4CC=CC=C34)c21. The zero-order valence-corrected chi connectivity index (χ0v) is 21.5. The number of fused-ring (bicyclic) bond motifs is 7. The van der Waals surface area contributed by atoms with Crippen LogP contribution in [0, 0.1) is 0 Å². The molecule has 0 unspecified atom stereocenters. The van der Waals surface area contributed by atoms with Crippen LogP contribution in [-0.2, 0) is 5.41 Å². The van der Waals surface area contributed by atoms with Crippen molar-refractivity contribution in [3.63, 3.8) is 0 Å². The van der Waals surface area contributed by atoms with Gasteiger partial charge in [-0.2, -0.15) is 0 Å². The van der Waals surface area contributed by atoms with Crippen LogP contribution in [0.4, 0.5) is 0 Å². The number of allylic oxidation sites excluding steroid dienone is 3. The van der Waals surface area contributed by atoms with Gasteiger partial charge < -0.3 is 4.90 Å². The Morgan fingerprint density at radius 3 is 2.16 bits per heavy atom. The van der Waals surface area contributed by atoms with E-state index in [9.17, 15) is 0 Å². The molecule has 0 radical (unpaired) electrons. The monoisotopic (exact) mass is 489 g/mol. The number of rotatable bonds is 1. The van der Waals surface area contributed by atoms with Crippen LogP contribution >= 0.6 is 0 Å². The summed E-state index contributed by atoms with van der Waals surface area (Å²) in [5.74, 6) is 0.942. The molecular formula is C35H27N3. The Morgan fingerprint density at radius 1 is 0.711 bits per heavy atom. The van der Waals surface area contributed by atoms with Gasteiger partial charge in [-0.1, -0.05) is 105 Å². The molecule has 8 rings (SSSR count). The molecule has 1 aliphatic carbocycles. The van der Waals surface area contributed by atoms with Crippen molar-refractivity contribution in [2.24, 2.45) is 4.99 Å². The first-order valence-corrected chi connectivity index (χ1v) is 13.3. The molecule has 0 saturated carbocycles. The van der Waals surface area contributed by atoms with Crippen molar-refractivity contribution in [3.8, 4) is 11.1 Å². The highest BCUT2D eigenvalue weighted by Gasteiger charge is 2.39. The lowest BCUT2D eigenvalue weighted by molar-refractivity contribution is 0.561. The van der Waals surface area contributed by atoms with E-state index in [2.05, 4.69) is 139 Å². The Balaban J connectivity index is 1.38. The van der Waals surface area contributed by atoms with Gasteiger partial charge in [-0.05, 0) is 46.0 Å². The predicted octanol–water partition coefficient (Wildman–Crippen LogP) is 8.12. The lowest BCUT2D eigenvalue weighted by Crippen LogP contribution is -2.38. The normalized spacial score (nSPS) is 17.1. The fraction of sp³-hybridized carbons (Fsp3) is 0.114. The number of para-hydroxylation sites is 2. The van der Waals surface area contributed by atoms with Crippen LogP contribution in [0.3, 0.4) is 0 Å². The van der Waals surface area contributed by atoms with Gasteiger partial charge >= 0.3 is 0 Å². The molecule has 2 aliphatic heterocycles. The van der Waals surface area contributed by atoms with Gasteiger partial charge in [0, 0.05) is 34.5 Å². The second-order valence-electron chi connectivity index (χ2n) is 10.8. The summed E-state index contributed by atoms with van der Waals surface area (Å²) in [6, 6.07) is 32.9. The molecule has 0 N–H and O–H groups in total. The molecule has 38 heavy (non-hydrogen) atoms. The van der Waals surface area contributed by atoms with E-state index < -0.39 is 0 Å².